The second-order valence-corrected chi connectivity index (χ2v) is 8.55. The molecule has 0 radical (unpaired) electrons. The average molecular weight is 361 g/mol. The zero-order valence-corrected chi connectivity index (χ0v) is 17.0. The van der Waals surface area contributed by atoms with E-state index in [9.17, 15) is 9.90 Å². The molecule has 1 aromatic carbocycles. The van der Waals surface area contributed by atoms with Gasteiger partial charge >= 0.3 is 5.97 Å². The van der Waals surface area contributed by atoms with E-state index in [0.29, 0.717) is 5.75 Å². The molecule has 1 aliphatic rings. The van der Waals surface area contributed by atoms with Crippen LogP contribution in [0.3, 0.4) is 0 Å². The molecule has 0 heterocycles. The van der Waals surface area contributed by atoms with Crippen LogP contribution >= 0.6 is 0 Å². The van der Waals surface area contributed by atoms with Gasteiger partial charge in [0, 0.05) is 0 Å². The molecular weight excluding hydrogens is 324 g/mol. The third kappa shape index (κ3) is 5.25. The van der Waals surface area contributed by atoms with Crippen molar-refractivity contribution >= 4 is 5.97 Å². The smallest absolute Gasteiger partial charge is 0.308 e. The van der Waals surface area contributed by atoms with E-state index in [1.165, 1.54) is 38.4 Å². The maximum atomic E-state index is 11.9. The minimum absolute atomic E-state index is 0.0344. The van der Waals surface area contributed by atoms with Gasteiger partial charge in [-0.3, -0.25) is 4.79 Å². The maximum absolute atomic E-state index is 11.9. The minimum Gasteiger partial charge on any atom is -0.508 e. The summed E-state index contributed by atoms with van der Waals surface area (Å²) in [5.74, 6) is 0.487. The molecule has 1 aromatic rings. The normalized spacial score (nSPS) is 20.8. The van der Waals surface area contributed by atoms with E-state index in [1.807, 2.05) is 6.07 Å². The van der Waals surface area contributed by atoms with Crippen molar-refractivity contribution in [3.63, 3.8) is 0 Å². The molecule has 0 bridgehead atoms. The number of carbonyl (C=O) groups is 1. The number of benzene rings is 1. The fourth-order valence-electron chi connectivity index (χ4n) is 4.30. The molecule has 2 atom stereocenters. The summed E-state index contributed by atoms with van der Waals surface area (Å²) < 4.78 is 4.92. The van der Waals surface area contributed by atoms with E-state index >= 15 is 0 Å². The van der Waals surface area contributed by atoms with Crippen LogP contribution in [-0.2, 0) is 14.9 Å². The summed E-state index contributed by atoms with van der Waals surface area (Å²) in [6.07, 6.45) is 9.91. The molecule has 1 aliphatic carbocycles. The van der Waals surface area contributed by atoms with Crippen molar-refractivity contribution in [1.29, 1.82) is 0 Å². The summed E-state index contributed by atoms with van der Waals surface area (Å²) in [6, 6.07) is 6.22. The van der Waals surface area contributed by atoms with Crippen molar-refractivity contribution in [3.05, 3.63) is 29.3 Å². The lowest BCUT2D eigenvalue weighted by Crippen LogP contribution is -2.23. The molecule has 0 amide bonds. The van der Waals surface area contributed by atoms with E-state index in [0.717, 1.165) is 37.7 Å². The number of esters is 1. The second-order valence-electron chi connectivity index (χ2n) is 8.55. The Morgan fingerprint density at radius 1 is 1.23 bits per heavy atom. The minimum atomic E-state index is -0.112. The van der Waals surface area contributed by atoms with Crippen LogP contribution < -0.4 is 0 Å². The van der Waals surface area contributed by atoms with E-state index < -0.39 is 0 Å². The molecule has 3 heteroatoms. The predicted molar refractivity (Wildman–Crippen MR) is 107 cm³/mol. The molecule has 2 rings (SSSR count). The Labute approximate surface area is 159 Å². The van der Waals surface area contributed by atoms with Gasteiger partial charge in [-0.1, -0.05) is 65.0 Å². The quantitative estimate of drug-likeness (QED) is 0.451. The molecule has 1 N–H and O–H groups in total. The summed E-state index contributed by atoms with van der Waals surface area (Å²) >= 11 is 0. The SMILES string of the molecule is CCCCCCC(C)(C)c1ccc(C2CCCC(C(=O)OC)C2)c(O)c1. The zero-order chi connectivity index (χ0) is 19.2. The van der Waals surface area contributed by atoms with Gasteiger partial charge in [0.1, 0.15) is 5.75 Å². The molecule has 3 nitrogen and oxygen atoms in total. The lowest BCUT2D eigenvalue weighted by molar-refractivity contribution is -0.146. The monoisotopic (exact) mass is 360 g/mol. The number of rotatable bonds is 8. The molecule has 0 aromatic heterocycles. The molecule has 0 saturated heterocycles. The fraction of sp³-hybridized carbons (Fsp3) is 0.696. The Balaban J connectivity index is 2.07. The Kier molecular flexibility index (Phi) is 7.55. The Morgan fingerprint density at radius 2 is 2.00 bits per heavy atom. The van der Waals surface area contributed by atoms with Crippen molar-refractivity contribution in [2.45, 2.75) is 89.9 Å². The topological polar surface area (TPSA) is 46.5 Å². The standard InChI is InChI=1S/C23H36O3/c1-5-6-7-8-14-23(2,3)19-12-13-20(21(24)16-19)17-10-9-11-18(15-17)22(25)26-4/h12-13,16-18,24H,5-11,14-15H2,1-4H3. The number of hydrogen-bond acceptors (Lipinski definition) is 3. The van der Waals surface area contributed by atoms with Crippen LogP contribution in [0.25, 0.3) is 0 Å². The highest BCUT2D eigenvalue weighted by molar-refractivity contribution is 5.72. The molecule has 2 unspecified atom stereocenters. The van der Waals surface area contributed by atoms with E-state index in [-0.39, 0.29) is 23.2 Å². The first-order valence-corrected chi connectivity index (χ1v) is 10.3. The van der Waals surface area contributed by atoms with Gasteiger partial charge in [0.15, 0.2) is 0 Å². The number of phenolic OH excluding ortho intramolecular Hbond substituents is 1. The van der Waals surface area contributed by atoms with E-state index in [4.69, 9.17) is 4.74 Å². The highest BCUT2D eigenvalue weighted by atomic mass is 16.5. The Bertz CT molecular complexity index is 591. The van der Waals surface area contributed by atoms with Crippen molar-refractivity contribution in [2.75, 3.05) is 7.11 Å². The third-order valence-electron chi connectivity index (χ3n) is 6.12. The maximum Gasteiger partial charge on any atom is 0.308 e. The van der Waals surface area contributed by atoms with Crippen molar-refractivity contribution < 1.29 is 14.6 Å². The van der Waals surface area contributed by atoms with Gasteiger partial charge in [-0.25, -0.2) is 0 Å². The highest BCUT2D eigenvalue weighted by Crippen LogP contribution is 2.42. The summed E-state index contributed by atoms with van der Waals surface area (Å²) in [5, 5.41) is 10.7. The molecule has 26 heavy (non-hydrogen) atoms. The summed E-state index contributed by atoms with van der Waals surface area (Å²) in [5.41, 5.74) is 2.27. The molecule has 146 valence electrons. The van der Waals surface area contributed by atoms with Crippen molar-refractivity contribution in [2.24, 2.45) is 5.92 Å². The summed E-state index contributed by atoms with van der Waals surface area (Å²) in [4.78, 5) is 11.9. The lowest BCUT2D eigenvalue weighted by atomic mass is 9.75. The third-order valence-corrected chi connectivity index (χ3v) is 6.12. The van der Waals surface area contributed by atoms with Crippen LogP contribution in [0.1, 0.15) is 95.6 Å². The zero-order valence-electron chi connectivity index (χ0n) is 17.0. The number of unbranched alkanes of at least 4 members (excludes halogenated alkanes) is 3. The predicted octanol–water partition coefficient (Wildman–Crippen LogP) is 6.09. The Hall–Kier alpha value is -1.51. The largest absolute Gasteiger partial charge is 0.508 e. The molecular formula is C23H36O3. The summed E-state index contributed by atoms with van der Waals surface area (Å²) in [7, 11) is 1.46. The lowest BCUT2D eigenvalue weighted by Gasteiger charge is -2.30. The van der Waals surface area contributed by atoms with Crippen LogP contribution in [0.5, 0.6) is 5.75 Å². The van der Waals surface area contributed by atoms with Crippen molar-refractivity contribution in [3.8, 4) is 5.75 Å². The number of ether oxygens (including phenoxy) is 1. The first kappa shape index (κ1) is 20.8. The van der Waals surface area contributed by atoms with E-state index in [1.54, 1.807) is 0 Å². The van der Waals surface area contributed by atoms with Crippen LogP contribution in [0.15, 0.2) is 18.2 Å². The average Bonchev–Trinajstić information content (AvgIpc) is 2.64. The van der Waals surface area contributed by atoms with Gasteiger partial charge in [0.25, 0.3) is 0 Å². The fourth-order valence-corrected chi connectivity index (χ4v) is 4.30. The van der Waals surface area contributed by atoms with Gasteiger partial charge in [0.2, 0.25) is 0 Å². The van der Waals surface area contributed by atoms with Crippen LogP contribution in [0.2, 0.25) is 0 Å². The molecule has 1 fully saturated rings. The van der Waals surface area contributed by atoms with E-state index in [2.05, 4.69) is 32.9 Å². The van der Waals surface area contributed by atoms with Crippen molar-refractivity contribution in [1.82, 2.24) is 0 Å². The Morgan fingerprint density at radius 3 is 2.65 bits per heavy atom. The molecule has 0 spiro atoms. The number of aromatic hydroxyl groups is 1. The highest BCUT2D eigenvalue weighted by Gasteiger charge is 2.30. The van der Waals surface area contributed by atoms with Gasteiger partial charge in [0.05, 0.1) is 13.0 Å². The first-order valence-electron chi connectivity index (χ1n) is 10.3. The number of carbonyl (C=O) groups excluding carboxylic acids is 1. The van der Waals surface area contributed by atoms with Crippen LogP contribution in [-0.4, -0.2) is 18.2 Å². The molecule has 0 aliphatic heterocycles. The second kappa shape index (κ2) is 9.43. The first-order chi connectivity index (χ1) is 12.4. The van der Waals surface area contributed by atoms with Crippen LogP contribution in [0, 0.1) is 5.92 Å². The van der Waals surface area contributed by atoms with Gasteiger partial charge in [-0.2, -0.15) is 0 Å². The summed E-state index contributed by atoms with van der Waals surface area (Å²) in [6.45, 7) is 6.76. The van der Waals surface area contributed by atoms with Gasteiger partial charge in [-0.05, 0) is 54.2 Å². The number of phenols is 1. The molecule has 1 saturated carbocycles. The number of hydrogen-bond donors (Lipinski definition) is 1. The number of methoxy groups -OCH3 is 1. The van der Waals surface area contributed by atoms with Gasteiger partial charge < -0.3 is 9.84 Å². The van der Waals surface area contributed by atoms with Gasteiger partial charge in [-0.15, -0.1) is 0 Å². The van der Waals surface area contributed by atoms with Crippen LogP contribution in [0.4, 0.5) is 0 Å².